The molecule has 0 aliphatic carbocycles. The van der Waals surface area contributed by atoms with E-state index in [1.807, 2.05) is 0 Å². The van der Waals surface area contributed by atoms with E-state index in [1.54, 1.807) is 24.3 Å². The van der Waals surface area contributed by atoms with Gasteiger partial charge in [0.25, 0.3) is 5.91 Å². The van der Waals surface area contributed by atoms with Crippen LogP contribution in [0.5, 0.6) is 11.5 Å². The highest BCUT2D eigenvalue weighted by molar-refractivity contribution is 5.91. The van der Waals surface area contributed by atoms with Gasteiger partial charge in [0.15, 0.2) is 18.1 Å². The van der Waals surface area contributed by atoms with E-state index in [4.69, 9.17) is 19.9 Å². The molecule has 2 amide bonds. The third-order valence-corrected chi connectivity index (χ3v) is 4.30. The van der Waals surface area contributed by atoms with Crippen LogP contribution in [0.1, 0.15) is 24.8 Å². The van der Waals surface area contributed by atoms with Crippen LogP contribution in [0.15, 0.2) is 24.3 Å². The van der Waals surface area contributed by atoms with Gasteiger partial charge in [0.05, 0.1) is 0 Å². The molecule has 2 aliphatic rings. The van der Waals surface area contributed by atoms with Gasteiger partial charge < -0.3 is 24.8 Å². The molecule has 3 rings (SSSR count). The molecule has 1 aromatic rings. The van der Waals surface area contributed by atoms with E-state index in [0.29, 0.717) is 24.5 Å². The lowest BCUT2D eigenvalue weighted by molar-refractivity contribution is -0.151. The van der Waals surface area contributed by atoms with E-state index >= 15 is 0 Å². The molecule has 0 unspecified atom stereocenters. The zero-order valence-electron chi connectivity index (χ0n) is 14.2. The van der Waals surface area contributed by atoms with Crippen molar-refractivity contribution in [1.82, 2.24) is 4.90 Å². The minimum Gasteiger partial charge on any atom is -0.454 e. The van der Waals surface area contributed by atoms with Crippen molar-refractivity contribution >= 4 is 23.9 Å². The molecule has 1 fully saturated rings. The predicted octanol–water partition coefficient (Wildman–Crippen LogP) is 0.838. The fourth-order valence-electron chi connectivity index (χ4n) is 2.97. The molecule has 2 heterocycles. The number of carbonyl (C=O) groups is 3. The Bertz CT molecular complexity index is 745. The second kappa shape index (κ2) is 7.90. The Hall–Kier alpha value is -3.03. The number of primary amides is 1. The number of fused-ring (bicyclic) bond motifs is 1. The summed E-state index contributed by atoms with van der Waals surface area (Å²) in [6.07, 6.45) is 4.97. The number of amides is 2. The van der Waals surface area contributed by atoms with E-state index in [0.717, 1.165) is 18.4 Å². The van der Waals surface area contributed by atoms with E-state index in [1.165, 1.54) is 11.0 Å². The molecule has 0 spiro atoms. The lowest BCUT2D eigenvalue weighted by Gasteiger charge is -2.33. The maximum Gasteiger partial charge on any atom is 0.331 e. The van der Waals surface area contributed by atoms with Crippen molar-refractivity contribution in [2.24, 2.45) is 5.73 Å². The van der Waals surface area contributed by atoms with Gasteiger partial charge in [-0.3, -0.25) is 9.59 Å². The standard InChI is InChI=1S/C18H20N2O6/c19-18(23)13-3-1-2-8-20(13)16(21)10-24-17(22)7-5-12-4-6-14-15(9-12)26-11-25-14/h4-7,9,13H,1-3,8,10-11H2,(H2,19,23)/b7-5+/t13-/m1/s1. The largest absolute Gasteiger partial charge is 0.454 e. The number of likely N-dealkylation sites (tertiary alicyclic amines) is 1. The molecule has 2 N–H and O–H groups in total. The number of esters is 1. The maximum atomic E-state index is 12.2. The Kier molecular flexibility index (Phi) is 5.40. The van der Waals surface area contributed by atoms with Crippen LogP contribution in [0.3, 0.4) is 0 Å². The molecule has 1 atom stereocenters. The third-order valence-electron chi connectivity index (χ3n) is 4.30. The molecule has 8 nitrogen and oxygen atoms in total. The summed E-state index contributed by atoms with van der Waals surface area (Å²) < 4.78 is 15.4. The van der Waals surface area contributed by atoms with Crippen LogP contribution in [0.2, 0.25) is 0 Å². The van der Waals surface area contributed by atoms with Crippen LogP contribution in [-0.4, -0.2) is 48.7 Å². The SMILES string of the molecule is NC(=O)[C@H]1CCCCN1C(=O)COC(=O)/C=C/c1ccc2c(c1)OCO2. The van der Waals surface area contributed by atoms with E-state index < -0.39 is 30.4 Å². The van der Waals surface area contributed by atoms with E-state index in [2.05, 4.69) is 0 Å². The van der Waals surface area contributed by atoms with Crippen LogP contribution < -0.4 is 15.2 Å². The molecule has 8 heteroatoms. The van der Waals surface area contributed by atoms with Crippen molar-refractivity contribution in [2.45, 2.75) is 25.3 Å². The highest BCUT2D eigenvalue weighted by Crippen LogP contribution is 2.32. The number of piperidine rings is 1. The van der Waals surface area contributed by atoms with Crippen molar-refractivity contribution in [2.75, 3.05) is 19.9 Å². The molecule has 26 heavy (non-hydrogen) atoms. The monoisotopic (exact) mass is 360 g/mol. The second-order valence-corrected chi connectivity index (χ2v) is 6.05. The van der Waals surface area contributed by atoms with Gasteiger partial charge in [-0.1, -0.05) is 6.07 Å². The maximum absolute atomic E-state index is 12.2. The fraction of sp³-hybridized carbons (Fsp3) is 0.389. The smallest absolute Gasteiger partial charge is 0.331 e. The minimum atomic E-state index is -0.649. The van der Waals surface area contributed by atoms with Crippen molar-refractivity contribution in [3.05, 3.63) is 29.8 Å². The summed E-state index contributed by atoms with van der Waals surface area (Å²) in [4.78, 5) is 36.9. The molecule has 0 saturated carbocycles. The van der Waals surface area contributed by atoms with Gasteiger partial charge in [0, 0.05) is 12.6 Å². The molecular weight excluding hydrogens is 340 g/mol. The summed E-state index contributed by atoms with van der Waals surface area (Å²) in [6.45, 7) is 0.195. The first-order valence-electron chi connectivity index (χ1n) is 8.38. The van der Waals surface area contributed by atoms with Crippen LogP contribution in [-0.2, 0) is 19.1 Å². The molecule has 1 aromatic carbocycles. The normalized spacial score (nSPS) is 18.8. The topological polar surface area (TPSA) is 108 Å². The van der Waals surface area contributed by atoms with Gasteiger partial charge in [-0.25, -0.2) is 4.79 Å². The minimum absolute atomic E-state index is 0.176. The number of carbonyl (C=O) groups excluding carboxylic acids is 3. The number of hydrogen-bond acceptors (Lipinski definition) is 6. The predicted molar refractivity (Wildman–Crippen MR) is 91.1 cm³/mol. The van der Waals surface area contributed by atoms with E-state index in [9.17, 15) is 14.4 Å². The van der Waals surface area contributed by atoms with Gasteiger partial charge in [0.2, 0.25) is 12.7 Å². The highest BCUT2D eigenvalue weighted by Gasteiger charge is 2.30. The lowest BCUT2D eigenvalue weighted by atomic mass is 10.0. The Balaban J connectivity index is 1.51. The number of hydrogen-bond donors (Lipinski definition) is 1. The summed E-state index contributed by atoms with van der Waals surface area (Å²) in [5.74, 6) is -0.340. The summed E-state index contributed by atoms with van der Waals surface area (Å²) >= 11 is 0. The molecule has 2 aliphatic heterocycles. The fourth-order valence-corrected chi connectivity index (χ4v) is 2.97. The van der Waals surface area contributed by atoms with Gasteiger partial charge >= 0.3 is 5.97 Å². The molecule has 1 saturated heterocycles. The second-order valence-electron chi connectivity index (χ2n) is 6.05. The van der Waals surface area contributed by atoms with Crippen LogP contribution >= 0.6 is 0 Å². The first-order chi connectivity index (χ1) is 12.5. The Morgan fingerprint density at radius 1 is 1.23 bits per heavy atom. The quantitative estimate of drug-likeness (QED) is 0.616. The van der Waals surface area contributed by atoms with E-state index in [-0.39, 0.29) is 6.79 Å². The Morgan fingerprint density at radius 3 is 2.85 bits per heavy atom. The average Bonchev–Trinajstić information content (AvgIpc) is 3.12. The summed E-state index contributed by atoms with van der Waals surface area (Å²) in [5.41, 5.74) is 6.07. The average molecular weight is 360 g/mol. The highest BCUT2D eigenvalue weighted by atomic mass is 16.7. The van der Waals surface area contributed by atoms with Gasteiger partial charge in [0.1, 0.15) is 6.04 Å². The number of rotatable bonds is 5. The molecule has 0 radical (unpaired) electrons. The van der Waals surface area contributed by atoms with Crippen LogP contribution in [0, 0.1) is 0 Å². The molecular formula is C18H20N2O6. The first-order valence-corrected chi connectivity index (χ1v) is 8.38. The summed E-state index contributed by atoms with van der Waals surface area (Å²) in [5, 5.41) is 0. The molecule has 0 bridgehead atoms. The van der Waals surface area contributed by atoms with Crippen LogP contribution in [0.4, 0.5) is 0 Å². The molecule has 0 aromatic heterocycles. The summed E-state index contributed by atoms with van der Waals surface area (Å²) in [6, 6.07) is 4.63. The van der Waals surface area contributed by atoms with Gasteiger partial charge in [-0.2, -0.15) is 0 Å². The number of nitrogens with two attached hydrogens (primary N) is 1. The number of ether oxygens (including phenoxy) is 3. The van der Waals surface area contributed by atoms with Crippen LogP contribution in [0.25, 0.3) is 6.08 Å². The Morgan fingerprint density at radius 2 is 2.04 bits per heavy atom. The van der Waals surface area contributed by atoms with Gasteiger partial charge in [-0.15, -0.1) is 0 Å². The van der Waals surface area contributed by atoms with Crippen molar-refractivity contribution in [1.29, 1.82) is 0 Å². The molecule has 138 valence electrons. The van der Waals surface area contributed by atoms with Crippen molar-refractivity contribution < 1.29 is 28.6 Å². The van der Waals surface area contributed by atoms with Gasteiger partial charge in [-0.05, 0) is 43.0 Å². The van der Waals surface area contributed by atoms with Crippen molar-refractivity contribution in [3.63, 3.8) is 0 Å². The zero-order valence-corrected chi connectivity index (χ0v) is 14.2. The summed E-state index contributed by atoms with van der Waals surface area (Å²) in [7, 11) is 0. The lowest BCUT2D eigenvalue weighted by Crippen LogP contribution is -2.51. The number of nitrogens with zero attached hydrogens (tertiary/aromatic N) is 1. The number of benzene rings is 1. The third kappa shape index (κ3) is 4.14. The Labute approximate surface area is 150 Å². The first kappa shape index (κ1) is 17.8. The zero-order chi connectivity index (χ0) is 18.5. The van der Waals surface area contributed by atoms with Crippen molar-refractivity contribution in [3.8, 4) is 11.5 Å².